The largest absolute Gasteiger partial charge is 0.416 e. The zero-order valence-corrected chi connectivity index (χ0v) is 9.72. The predicted molar refractivity (Wildman–Crippen MR) is 58.2 cm³/mol. The summed E-state index contributed by atoms with van der Waals surface area (Å²) in [5.74, 6) is 0. The van der Waals surface area contributed by atoms with Crippen LogP contribution in [0.2, 0.25) is 0 Å². The lowest BCUT2D eigenvalue weighted by Gasteiger charge is -2.06. The molecule has 0 fully saturated rings. The summed E-state index contributed by atoms with van der Waals surface area (Å²) in [5.41, 5.74) is 6.81. The predicted octanol–water partition coefficient (Wildman–Crippen LogP) is 2.46. The fourth-order valence-corrected chi connectivity index (χ4v) is 2.16. The fraction of sp³-hybridized carbons (Fsp3) is 0.125. The van der Waals surface area contributed by atoms with Crippen LogP contribution in [0.15, 0.2) is 29.0 Å². The number of hydrogen-bond acceptors (Lipinski definition) is 3. The van der Waals surface area contributed by atoms with Gasteiger partial charge < -0.3 is 0 Å². The highest BCUT2D eigenvalue weighted by molar-refractivity contribution is 7.88. The molecule has 0 atom stereocenters. The first-order valence-electron chi connectivity index (χ1n) is 4.62. The second-order valence-electron chi connectivity index (χ2n) is 3.39. The highest BCUT2D eigenvalue weighted by Crippen LogP contribution is 2.31. The summed E-state index contributed by atoms with van der Waals surface area (Å²) in [4.78, 5) is 5.73. The Bertz CT molecular complexity index is 788. The van der Waals surface area contributed by atoms with Gasteiger partial charge >= 0.3 is 16.4 Å². The number of rotatable bonds is 2. The van der Waals surface area contributed by atoms with E-state index in [4.69, 9.17) is 5.53 Å². The molecule has 7 nitrogen and oxygen atoms in total. The number of fused-ring (bicyclic) bond motifs is 1. The van der Waals surface area contributed by atoms with Crippen LogP contribution in [0, 0.1) is 0 Å². The van der Waals surface area contributed by atoms with Gasteiger partial charge in [-0.1, -0.05) is 0 Å². The van der Waals surface area contributed by atoms with Crippen molar-refractivity contribution in [3.8, 4) is 0 Å². The van der Waals surface area contributed by atoms with E-state index >= 15 is 0 Å². The Hall–Kier alpha value is -2.26. The lowest BCUT2D eigenvalue weighted by molar-refractivity contribution is -0.137. The van der Waals surface area contributed by atoms with Crippen molar-refractivity contribution in [2.45, 2.75) is 6.18 Å². The molecular weight excluding hydrogens is 287 g/mol. The van der Waals surface area contributed by atoms with Crippen molar-refractivity contribution in [3.05, 3.63) is 40.5 Å². The summed E-state index contributed by atoms with van der Waals surface area (Å²) in [7, 11) is -4.46. The molecule has 1 heterocycles. The number of imidazole rings is 1. The molecule has 0 saturated carbocycles. The molecule has 0 aliphatic carbocycles. The lowest BCUT2D eigenvalue weighted by atomic mass is 10.2. The summed E-state index contributed by atoms with van der Waals surface area (Å²) in [6.45, 7) is 0. The van der Waals surface area contributed by atoms with Gasteiger partial charge in [-0.2, -0.15) is 21.6 Å². The molecule has 11 heteroatoms. The van der Waals surface area contributed by atoms with Gasteiger partial charge in [-0.3, -0.25) is 0 Å². The van der Waals surface area contributed by atoms with Gasteiger partial charge in [0.2, 0.25) is 0 Å². The van der Waals surface area contributed by atoms with Crippen molar-refractivity contribution in [1.29, 1.82) is 0 Å². The first-order valence-corrected chi connectivity index (χ1v) is 6.01. The van der Waals surface area contributed by atoms with Crippen LogP contribution in [0.3, 0.4) is 0 Å². The smallest absolute Gasteiger partial charge is 0.236 e. The van der Waals surface area contributed by atoms with E-state index in [-0.39, 0.29) is 11.0 Å². The molecule has 0 spiro atoms. The van der Waals surface area contributed by atoms with Gasteiger partial charge in [0.1, 0.15) is 6.33 Å². The van der Waals surface area contributed by atoms with E-state index in [0.717, 1.165) is 18.5 Å². The molecule has 0 aliphatic rings. The minimum atomic E-state index is -4.62. The number of nitrogens with zero attached hydrogens (tertiary/aromatic N) is 5. The minimum absolute atomic E-state index is 0.0321. The van der Waals surface area contributed by atoms with Gasteiger partial charge in [0, 0.05) is 4.91 Å². The van der Waals surface area contributed by atoms with Gasteiger partial charge in [0.15, 0.2) is 0 Å². The molecule has 0 radical (unpaired) electrons. The third kappa shape index (κ3) is 2.33. The maximum Gasteiger partial charge on any atom is 0.416 e. The molecule has 19 heavy (non-hydrogen) atoms. The summed E-state index contributed by atoms with van der Waals surface area (Å²) >= 11 is 0. The zero-order chi connectivity index (χ0) is 14.3. The van der Waals surface area contributed by atoms with Crippen LogP contribution in [0.5, 0.6) is 0 Å². The average molecular weight is 291 g/mol. The fourth-order valence-electron chi connectivity index (χ4n) is 1.43. The van der Waals surface area contributed by atoms with E-state index < -0.39 is 21.9 Å². The van der Waals surface area contributed by atoms with Crippen molar-refractivity contribution in [2.75, 3.05) is 0 Å². The zero-order valence-electron chi connectivity index (χ0n) is 8.90. The maximum atomic E-state index is 12.5. The van der Waals surface area contributed by atoms with E-state index in [1.807, 2.05) is 0 Å². The Morgan fingerprint density at radius 2 is 2.05 bits per heavy atom. The Morgan fingerprint density at radius 1 is 1.37 bits per heavy atom. The number of alkyl halides is 3. The average Bonchev–Trinajstić information content (AvgIpc) is 2.70. The Labute approximate surface area is 104 Å². The van der Waals surface area contributed by atoms with Gasteiger partial charge in [0.05, 0.1) is 21.1 Å². The standard InChI is InChI=1S/C8H4F3N5O2S/c9-8(10,11)5-1-2-6-7(3-5)16(4-13-6)19(17,18)15-14-12/h1-4H. The normalized spacial score (nSPS) is 12.4. The van der Waals surface area contributed by atoms with E-state index in [2.05, 4.69) is 14.4 Å². The van der Waals surface area contributed by atoms with Crippen molar-refractivity contribution in [1.82, 2.24) is 8.96 Å². The third-order valence-electron chi connectivity index (χ3n) is 2.23. The Morgan fingerprint density at radius 3 is 2.63 bits per heavy atom. The molecule has 0 amide bonds. The van der Waals surface area contributed by atoms with Gasteiger partial charge in [-0.05, 0) is 23.7 Å². The number of hydrogen-bond donors (Lipinski definition) is 0. The molecule has 1 aromatic carbocycles. The van der Waals surface area contributed by atoms with Crippen LogP contribution in [0.4, 0.5) is 13.2 Å². The quantitative estimate of drug-likeness (QED) is 0.482. The maximum absolute atomic E-state index is 12.5. The number of azide groups is 1. The lowest BCUT2D eigenvalue weighted by Crippen LogP contribution is -2.09. The number of aromatic nitrogens is 2. The third-order valence-corrected chi connectivity index (χ3v) is 3.30. The highest BCUT2D eigenvalue weighted by atomic mass is 32.2. The molecule has 2 aromatic rings. The molecule has 0 unspecified atom stereocenters. The minimum Gasteiger partial charge on any atom is -0.236 e. The molecule has 0 bridgehead atoms. The molecule has 0 N–H and O–H groups in total. The molecule has 0 aliphatic heterocycles. The van der Waals surface area contributed by atoms with Gasteiger partial charge in [0.25, 0.3) is 0 Å². The summed E-state index contributed by atoms with van der Waals surface area (Å²) in [6, 6.07) is 2.42. The monoisotopic (exact) mass is 291 g/mol. The molecule has 100 valence electrons. The number of halogens is 3. The molecule has 2 rings (SSSR count). The number of benzene rings is 1. The van der Waals surface area contributed by atoms with Gasteiger partial charge in [-0.15, -0.1) is 0 Å². The van der Waals surface area contributed by atoms with Crippen LogP contribution >= 0.6 is 0 Å². The molecule has 1 aromatic heterocycles. The van der Waals surface area contributed by atoms with E-state index in [1.54, 1.807) is 0 Å². The van der Waals surface area contributed by atoms with Crippen molar-refractivity contribution >= 4 is 21.2 Å². The van der Waals surface area contributed by atoms with E-state index in [0.29, 0.717) is 10.0 Å². The Kier molecular flexibility index (Phi) is 2.87. The van der Waals surface area contributed by atoms with Crippen LogP contribution in [-0.2, 0) is 16.4 Å². The van der Waals surface area contributed by atoms with Crippen LogP contribution < -0.4 is 0 Å². The van der Waals surface area contributed by atoms with E-state index in [1.165, 1.54) is 0 Å². The second kappa shape index (κ2) is 4.14. The summed E-state index contributed by atoms with van der Waals surface area (Å²) in [5, 5.41) is 0. The summed E-state index contributed by atoms with van der Waals surface area (Å²) in [6.07, 6.45) is -3.85. The van der Waals surface area contributed by atoms with Crippen molar-refractivity contribution in [2.24, 2.45) is 4.52 Å². The van der Waals surface area contributed by atoms with Crippen LogP contribution in [0.1, 0.15) is 5.56 Å². The second-order valence-corrected chi connectivity index (χ2v) is 4.84. The van der Waals surface area contributed by atoms with Crippen molar-refractivity contribution in [3.63, 3.8) is 0 Å². The highest BCUT2D eigenvalue weighted by Gasteiger charge is 2.31. The van der Waals surface area contributed by atoms with Crippen LogP contribution in [-0.4, -0.2) is 17.4 Å². The van der Waals surface area contributed by atoms with Crippen LogP contribution in [0.25, 0.3) is 21.5 Å². The topological polar surface area (TPSA) is 101 Å². The molecule has 0 saturated heterocycles. The first kappa shape index (κ1) is 13.2. The first-order chi connectivity index (χ1) is 8.75. The van der Waals surface area contributed by atoms with Crippen molar-refractivity contribution < 1.29 is 21.6 Å². The SMILES string of the molecule is [N-]=[N+]=NS(=O)(=O)n1cnc2ccc(C(F)(F)F)cc21. The van der Waals surface area contributed by atoms with E-state index in [9.17, 15) is 21.6 Å². The molecular formula is C8H4F3N5O2S. The van der Waals surface area contributed by atoms with Gasteiger partial charge in [-0.25, -0.2) is 8.96 Å². The Balaban J connectivity index is 2.75. The summed E-state index contributed by atoms with van der Waals surface area (Å²) < 4.78 is 63.5.